The minimum atomic E-state index is -0.404. The molecule has 1 atom stereocenters. The van der Waals surface area contributed by atoms with Gasteiger partial charge in [0, 0.05) is 17.8 Å². The molecule has 0 unspecified atom stereocenters. The van der Waals surface area contributed by atoms with Crippen LogP contribution in [0.5, 0.6) is 0 Å². The average Bonchev–Trinajstić information content (AvgIpc) is 3.10. The van der Waals surface area contributed by atoms with Crippen LogP contribution in [0.1, 0.15) is 34.7 Å². The molecule has 1 heterocycles. The first kappa shape index (κ1) is 23.1. The summed E-state index contributed by atoms with van der Waals surface area (Å²) < 4.78 is 1.75. The summed E-state index contributed by atoms with van der Waals surface area (Å²) in [5, 5.41) is 15.5. The molecule has 3 rings (SSSR count). The van der Waals surface area contributed by atoms with Crippen LogP contribution in [-0.4, -0.2) is 32.3 Å². The number of carbonyl (C=O) groups excluding carboxylic acids is 2. The highest BCUT2D eigenvalue weighted by Crippen LogP contribution is 2.22. The molecule has 1 aromatic heterocycles. The fourth-order valence-corrected chi connectivity index (χ4v) is 3.93. The maximum atomic E-state index is 12.5. The molecule has 0 aliphatic rings. The Morgan fingerprint density at radius 2 is 1.87 bits per heavy atom. The zero-order valence-corrected chi connectivity index (χ0v) is 19.5. The summed E-state index contributed by atoms with van der Waals surface area (Å²) in [5.74, 6) is 0.229. The van der Waals surface area contributed by atoms with Gasteiger partial charge in [-0.3, -0.25) is 9.59 Å². The predicted octanol–water partition coefficient (Wildman–Crippen LogP) is 4.65. The molecular formula is C21H21Cl2N5O2S. The quantitative estimate of drug-likeness (QED) is 0.483. The van der Waals surface area contributed by atoms with Gasteiger partial charge in [0.05, 0.1) is 22.4 Å². The molecule has 0 fully saturated rings. The van der Waals surface area contributed by atoms with E-state index < -0.39 is 6.04 Å². The summed E-state index contributed by atoms with van der Waals surface area (Å²) in [5.41, 5.74) is 1.97. The van der Waals surface area contributed by atoms with Gasteiger partial charge in [-0.2, -0.15) is 0 Å². The van der Waals surface area contributed by atoms with Crippen molar-refractivity contribution in [2.75, 3.05) is 11.1 Å². The number of nitrogens with zero attached hydrogens (tertiary/aromatic N) is 3. The summed E-state index contributed by atoms with van der Waals surface area (Å²) in [7, 11) is 1.79. The highest BCUT2D eigenvalue weighted by atomic mass is 35.5. The number of halogens is 2. The van der Waals surface area contributed by atoms with Crippen LogP contribution >= 0.6 is 35.0 Å². The molecule has 0 bridgehead atoms. The highest BCUT2D eigenvalue weighted by molar-refractivity contribution is 7.99. The van der Waals surface area contributed by atoms with E-state index in [0.717, 1.165) is 5.56 Å². The van der Waals surface area contributed by atoms with Crippen molar-refractivity contribution in [3.8, 4) is 0 Å². The molecule has 0 saturated heterocycles. The maximum Gasteiger partial charge on any atom is 0.253 e. The first-order chi connectivity index (χ1) is 14.8. The number of carbonyl (C=O) groups is 2. The van der Waals surface area contributed by atoms with Crippen LogP contribution in [0.25, 0.3) is 0 Å². The largest absolute Gasteiger partial charge is 0.342 e. The monoisotopic (exact) mass is 477 g/mol. The van der Waals surface area contributed by atoms with E-state index in [1.54, 1.807) is 54.9 Å². The van der Waals surface area contributed by atoms with Crippen LogP contribution in [0, 0.1) is 6.92 Å². The zero-order valence-electron chi connectivity index (χ0n) is 17.1. The number of nitrogens with one attached hydrogen (secondary N) is 2. The van der Waals surface area contributed by atoms with Gasteiger partial charge in [0.1, 0.15) is 0 Å². The van der Waals surface area contributed by atoms with E-state index in [0.29, 0.717) is 32.3 Å². The summed E-state index contributed by atoms with van der Waals surface area (Å²) in [4.78, 5) is 24.7. The van der Waals surface area contributed by atoms with Gasteiger partial charge < -0.3 is 15.2 Å². The van der Waals surface area contributed by atoms with Crippen molar-refractivity contribution in [1.82, 2.24) is 20.1 Å². The Kier molecular flexibility index (Phi) is 7.59. The number of rotatable bonds is 7. The van der Waals surface area contributed by atoms with E-state index in [4.69, 9.17) is 23.2 Å². The lowest BCUT2D eigenvalue weighted by atomic mass is 10.2. The molecule has 0 saturated carbocycles. The molecule has 0 radical (unpaired) electrons. The Hall–Kier alpha value is -2.55. The van der Waals surface area contributed by atoms with Gasteiger partial charge in [-0.25, -0.2) is 0 Å². The number of anilines is 1. The third kappa shape index (κ3) is 5.78. The Balaban J connectivity index is 1.59. The lowest BCUT2D eigenvalue weighted by molar-refractivity contribution is -0.113. The molecule has 0 aliphatic carbocycles. The normalized spacial score (nSPS) is 11.8. The number of amides is 2. The first-order valence-electron chi connectivity index (χ1n) is 9.39. The Bertz CT molecular complexity index is 1120. The first-order valence-corrected chi connectivity index (χ1v) is 11.1. The van der Waals surface area contributed by atoms with E-state index in [9.17, 15) is 9.59 Å². The average molecular weight is 478 g/mol. The number of aromatic nitrogens is 3. The second kappa shape index (κ2) is 10.2. The molecule has 2 aromatic carbocycles. The lowest BCUT2D eigenvalue weighted by Gasteiger charge is -2.14. The van der Waals surface area contributed by atoms with Gasteiger partial charge in [-0.1, -0.05) is 53.2 Å². The third-order valence-corrected chi connectivity index (χ3v) is 6.27. The number of benzene rings is 2. The van der Waals surface area contributed by atoms with E-state index in [1.807, 2.05) is 13.0 Å². The Morgan fingerprint density at radius 1 is 1.13 bits per heavy atom. The molecular weight excluding hydrogens is 457 g/mol. The molecule has 2 N–H and O–H groups in total. The molecule has 31 heavy (non-hydrogen) atoms. The molecule has 0 spiro atoms. The molecule has 0 aliphatic heterocycles. The van der Waals surface area contributed by atoms with Crippen molar-refractivity contribution in [3.05, 3.63) is 69.5 Å². The van der Waals surface area contributed by atoms with Crippen molar-refractivity contribution >= 4 is 52.5 Å². The third-order valence-electron chi connectivity index (χ3n) is 4.51. The van der Waals surface area contributed by atoms with Gasteiger partial charge in [0.2, 0.25) is 5.91 Å². The summed E-state index contributed by atoms with van der Waals surface area (Å²) >= 11 is 13.4. The number of hydrogen-bond donors (Lipinski definition) is 2. The fourth-order valence-electron chi connectivity index (χ4n) is 2.81. The van der Waals surface area contributed by atoms with E-state index in [2.05, 4.69) is 20.8 Å². The molecule has 162 valence electrons. The minimum Gasteiger partial charge on any atom is -0.342 e. The number of thioether (sulfide) groups is 1. The standard InChI is InChI=1S/C21H21Cl2N5O2S/c1-12-8-9-14(10-17(12)23)25-18(29)11-31-21-27-26-19(28(21)3)13(2)24-20(30)15-6-4-5-7-16(15)22/h4-10,13H,11H2,1-3H3,(H,24,30)(H,25,29)/t13-/m1/s1. The van der Waals surface area contributed by atoms with Gasteiger partial charge >= 0.3 is 0 Å². The van der Waals surface area contributed by atoms with Gasteiger partial charge in [-0.05, 0) is 43.7 Å². The Labute approximate surface area is 194 Å². The summed E-state index contributed by atoms with van der Waals surface area (Å²) in [6.07, 6.45) is 0. The molecule has 2 amide bonds. The van der Waals surface area contributed by atoms with Crippen molar-refractivity contribution < 1.29 is 9.59 Å². The van der Waals surface area contributed by atoms with E-state index in [1.165, 1.54) is 11.8 Å². The van der Waals surface area contributed by atoms with Gasteiger partial charge in [0.25, 0.3) is 5.91 Å². The predicted molar refractivity (Wildman–Crippen MR) is 124 cm³/mol. The number of aryl methyl sites for hydroxylation is 1. The van der Waals surface area contributed by atoms with E-state index in [-0.39, 0.29) is 17.6 Å². The molecule has 10 heteroatoms. The van der Waals surface area contributed by atoms with Crippen molar-refractivity contribution in [2.45, 2.75) is 25.0 Å². The van der Waals surface area contributed by atoms with Crippen LogP contribution in [0.3, 0.4) is 0 Å². The smallest absolute Gasteiger partial charge is 0.253 e. The van der Waals surface area contributed by atoms with Crippen molar-refractivity contribution in [1.29, 1.82) is 0 Å². The zero-order chi connectivity index (χ0) is 22.5. The second-order valence-corrected chi connectivity index (χ2v) is 8.63. The van der Waals surface area contributed by atoms with Gasteiger partial charge in [0.15, 0.2) is 11.0 Å². The second-order valence-electron chi connectivity index (χ2n) is 6.88. The van der Waals surface area contributed by atoms with Crippen LogP contribution in [0.15, 0.2) is 47.6 Å². The van der Waals surface area contributed by atoms with Crippen LogP contribution in [0.4, 0.5) is 5.69 Å². The summed E-state index contributed by atoms with van der Waals surface area (Å²) in [6, 6.07) is 11.8. The molecule has 7 nitrogen and oxygen atoms in total. The highest BCUT2D eigenvalue weighted by Gasteiger charge is 2.20. The summed E-state index contributed by atoms with van der Waals surface area (Å²) in [6.45, 7) is 3.70. The van der Waals surface area contributed by atoms with Crippen molar-refractivity contribution in [3.63, 3.8) is 0 Å². The van der Waals surface area contributed by atoms with E-state index >= 15 is 0 Å². The van der Waals surface area contributed by atoms with Crippen molar-refractivity contribution in [2.24, 2.45) is 7.05 Å². The van der Waals surface area contributed by atoms with Crippen LogP contribution in [-0.2, 0) is 11.8 Å². The van der Waals surface area contributed by atoms with Gasteiger partial charge in [-0.15, -0.1) is 10.2 Å². The topological polar surface area (TPSA) is 88.9 Å². The molecule has 3 aromatic rings. The maximum absolute atomic E-state index is 12.5. The SMILES string of the molecule is Cc1ccc(NC(=O)CSc2nnc([C@@H](C)NC(=O)c3ccccc3Cl)n2C)cc1Cl. The van der Waals surface area contributed by atoms with Crippen LogP contribution in [0.2, 0.25) is 10.0 Å². The Morgan fingerprint density at radius 3 is 2.58 bits per heavy atom. The number of hydrogen-bond acceptors (Lipinski definition) is 5. The fraction of sp³-hybridized carbons (Fsp3) is 0.238. The lowest BCUT2D eigenvalue weighted by Crippen LogP contribution is -2.28. The minimum absolute atomic E-state index is 0.151. The van der Waals surface area contributed by atoms with Crippen LogP contribution < -0.4 is 10.6 Å².